The third-order valence-electron chi connectivity index (χ3n) is 0.943. The molecule has 2 atom stereocenters. The Balaban J connectivity index is 0.000000490. The van der Waals surface area contributed by atoms with Crippen LogP contribution in [0.1, 0.15) is 6.92 Å². The van der Waals surface area contributed by atoms with E-state index in [2.05, 4.69) is 4.74 Å². The van der Waals surface area contributed by atoms with Crippen molar-refractivity contribution >= 4 is 5.97 Å². The van der Waals surface area contributed by atoms with Crippen LogP contribution < -0.4 is 24.0 Å². The van der Waals surface area contributed by atoms with Gasteiger partial charge in [-0.15, -0.1) is 0 Å². The van der Waals surface area contributed by atoms with Crippen molar-refractivity contribution in [3.63, 3.8) is 0 Å². The molecular formula is C4H5LiO3. The molecule has 0 spiro atoms. The molecule has 1 heterocycles. The molecule has 0 amide bonds. The Morgan fingerprint density at radius 3 is 2.12 bits per heavy atom. The van der Waals surface area contributed by atoms with E-state index in [0.717, 1.165) is 0 Å². The van der Waals surface area contributed by atoms with Crippen LogP contribution in [0.5, 0.6) is 0 Å². The summed E-state index contributed by atoms with van der Waals surface area (Å²) >= 11 is 0. The maximum Gasteiger partial charge on any atom is 1.00 e. The molecule has 1 aliphatic heterocycles. The van der Waals surface area contributed by atoms with Gasteiger partial charge < -0.3 is 14.6 Å². The van der Waals surface area contributed by atoms with Gasteiger partial charge in [0.2, 0.25) is 0 Å². The Morgan fingerprint density at radius 1 is 1.75 bits per heavy atom. The Morgan fingerprint density at radius 2 is 2.12 bits per heavy atom. The molecule has 8 heavy (non-hydrogen) atoms. The molecule has 0 unspecified atom stereocenters. The van der Waals surface area contributed by atoms with E-state index in [0.29, 0.717) is 0 Å². The number of rotatable bonds is 1. The number of hydrogen-bond acceptors (Lipinski definition) is 3. The van der Waals surface area contributed by atoms with Crippen molar-refractivity contribution in [1.29, 1.82) is 0 Å². The Hall–Kier alpha value is 0.0274. The van der Waals surface area contributed by atoms with E-state index in [-0.39, 0.29) is 25.0 Å². The quantitative estimate of drug-likeness (QED) is 0.251. The van der Waals surface area contributed by atoms with Crippen LogP contribution in [0.15, 0.2) is 0 Å². The summed E-state index contributed by atoms with van der Waals surface area (Å²) in [6.45, 7) is 1.69. The van der Waals surface area contributed by atoms with Crippen molar-refractivity contribution in [3.8, 4) is 0 Å². The van der Waals surface area contributed by atoms with Crippen molar-refractivity contribution < 1.29 is 33.5 Å². The van der Waals surface area contributed by atoms with Crippen LogP contribution in [0.3, 0.4) is 0 Å². The second-order valence-electron chi connectivity index (χ2n) is 1.58. The van der Waals surface area contributed by atoms with E-state index < -0.39 is 12.1 Å². The van der Waals surface area contributed by atoms with E-state index in [1.165, 1.54) is 0 Å². The normalized spacial score (nSPS) is 33.1. The number of carbonyl (C=O) groups is 1. The van der Waals surface area contributed by atoms with Crippen LogP contribution in [0.25, 0.3) is 0 Å². The first-order chi connectivity index (χ1) is 3.22. The predicted octanol–water partition coefficient (Wildman–Crippen LogP) is -4.47. The number of carbonyl (C=O) groups excluding carboxylic acids is 1. The van der Waals surface area contributed by atoms with E-state index >= 15 is 0 Å². The fourth-order valence-corrected chi connectivity index (χ4v) is 0.433. The summed E-state index contributed by atoms with van der Waals surface area (Å²) in [4.78, 5) is 9.74. The minimum absolute atomic E-state index is 0. The molecule has 3 nitrogen and oxygen atoms in total. The predicted molar refractivity (Wildman–Crippen MR) is 19.3 cm³/mol. The molecule has 0 aromatic rings. The van der Waals surface area contributed by atoms with Crippen molar-refractivity contribution in [2.24, 2.45) is 0 Å². The molecule has 40 valence electrons. The fraction of sp³-hybridized carbons (Fsp3) is 0.750. The standard InChI is InChI=1S/C4H6O3.Li/c1-2-3(7-2)4(5)6;/h2-3H,1H3,(H,5,6);/q;+1/p-1/t2-,3-;/m1./s1. The fourth-order valence-electron chi connectivity index (χ4n) is 0.433. The largest absolute Gasteiger partial charge is 1.00 e. The second-order valence-corrected chi connectivity index (χ2v) is 1.58. The first kappa shape index (κ1) is 8.03. The van der Waals surface area contributed by atoms with Gasteiger partial charge in [0, 0.05) is 0 Å². The minimum Gasteiger partial charge on any atom is -0.547 e. The van der Waals surface area contributed by atoms with Gasteiger partial charge in [-0.3, -0.25) is 0 Å². The van der Waals surface area contributed by atoms with Gasteiger partial charge in [0.15, 0.2) is 0 Å². The molecule has 4 heteroatoms. The summed E-state index contributed by atoms with van der Waals surface area (Å²) in [6, 6.07) is 0. The molecule has 0 aliphatic carbocycles. The maximum absolute atomic E-state index is 9.74. The minimum atomic E-state index is -1.10. The zero-order valence-electron chi connectivity index (χ0n) is 4.88. The second kappa shape index (κ2) is 2.54. The van der Waals surface area contributed by atoms with Crippen LogP contribution in [-0.2, 0) is 9.53 Å². The number of epoxide rings is 1. The average Bonchev–Trinajstić information content (AvgIpc) is 2.17. The van der Waals surface area contributed by atoms with Crippen molar-refractivity contribution in [2.45, 2.75) is 19.1 Å². The van der Waals surface area contributed by atoms with Gasteiger partial charge >= 0.3 is 18.9 Å². The Labute approximate surface area is 59.2 Å². The topological polar surface area (TPSA) is 52.7 Å². The van der Waals surface area contributed by atoms with E-state index in [1.54, 1.807) is 6.92 Å². The van der Waals surface area contributed by atoms with Crippen LogP contribution in [0.2, 0.25) is 0 Å². The monoisotopic (exact) mass is 108 g/mol. The summed E-state index contributed by atoms with van der Waals surface area (Å²) in [5, 5.41) is 9.74. The van der Waals surface area contributed by atoms with Crippen molar-refractivity contribution in [3.05, 3.63) is 0 Å². The van der Waals surface area contributed by atoms with Crippen LogP contribution in [0, 0.1) is 0 Å². The summed E-state index contributed by atoms with van der Waals surface area (Å²) < 4.78 is 4.52. The summed E-state index contributed by atoms with van der Waals surface area (Å²) in [5.74, 6) is -1.10. The molecule has 1 aliphatic rings. The van der Waals surface area contributed by atoms with Gasteiger partial charge in [0.05, 0.1) is 12.1 Å². The number of carboxylic acid groups (broad SMARTS) is 1. The third-order valence-corrected chi connectivity index (χ3v) is 0.943. The summed E-state index contributed by atoms with van der Waals surface area (Å²) in [7, 11) is 0. The van der Waals surface area contributed by atoms with Gasteiger partial charge in [-0.05, 0) is 6.92 Å². The van der Waals surface area contributed by atoms with Gasteiger partial charge in [-0.2, -0.15) is 0 Å². The zero-order valence-corrected chi connectivity index (χ0v) is 4.88. The van der Waals surface area contributed by atoms with E-state index in [9.17, 15) is 9.90 Å². The van der Waals surface area contributed by atoms with Crippen molar-refractivity contribution in [2.75, 3.05) is 0 Å². The Kier molecular flexibility index (Phi) is 2.55. The SMILES string of the molecule is C[C@H]1O[C@H]1C(=O)[O-].[Li+]. The van der Waals surface area contributed by atoms with Crippen molar-refractivity contribution in [1.82, 2.24) is 0 Å². The molecule has 0 N–H and O–H groups in total. The molecule has 0 aromatic heterocycles. The molecule has 0 radical (unpaired) electrons. The summed E-state index contributed by atoms with van der Waals surface area (Å²) in [6.07, 6.45) is -0.745. The van der Waals surface area contributed by atoms with E-state index in [4.69, 9.17) is 0 Å². The number of aliphatic carboxylic acids is 1. The van der Waals surface area contributed by atoms with Crippen LogP contribution in [-0.4, -0.2) is 18.2 Å². The molecule has 0 saturated carbocycles. The number of ether oxygens (including phenoxy) is 1. The number of carboxylic acids is 1. The molecule has 1 fully saturated rings. The summed E-state index contributed by atoms with van der Waals surface area (Å²) in [5.41, 5.74) is 0. The van der Waals surface area contributed by atoms with E-state index in [1.807, 2.05) is 0 Å². The van der Waals surface area contributed by atoms with Gasteiger partial charge in [0.1, 0.15) is 6.10 Å². The van der Waals surface area contributed by atoms with Crippen LogP contribution >= 0.6 is 0 Å². The maximum atomic E-state index is 9.74. The van der Waals surface area contributed by atoms with Gasteiger partial charge in [0.25, 0.3) is 0 Å². The molecule has 1 rings (SSSR count). The smallest absolute Gasteiger partial charge is 0.547 e. The first-order valence-corrected chi connectivity index (χ1v) is 2.08. The average molecular weight is 108 g/mol. The van der Waals surface area contributed by atoms with Crippen LogP contribution in [0.4, 0.5) is 0 Å². The number of hydrogen-bond donors (Lipinski definition) is 0. The molecule has 1 saturated heterocycles. The molecule has 0 bridgehead atoms. The Bertz CT molecular complexity index is 103. The first-order valence-electron chi connectivity index (χ1n) is 2.08. The van der Waals surface area contributed by atoms with Gasteiger partial charge in [-0.25, -0.2) is 0 Å². The van der Waals surface area contributed by atoms with Gasteiger partial charge in [-0.1, -0.05) is 0 Å². The molecular weight excluding hydrogens is 103 g/mol. The third kappa shape index (κ3) is 1.52. The zero-order chi connectivity index (χ0) is 5.44. The molecule has 0 aromatic carbocycles.